The molecule has 1 saturated carbocycles. The van der Waals surface area contributed by atoms with Crippen molar-refractivity contribution in [2.75, 3.05) is 7.11 Å². The molecular weight excluding hydrogens is 505 g/mol. The zero-order valence-electron chi connectivity index (χ0n) is 22.8. The Hall–Kier alpha value is -3.48. The first-order valence-electron chi connectivity index (χ1n) is 13.3. The molecular formula is C32H35F3O4. The van der Waals surface area contributed by atoms with E-state index in [4.69, 9.17) is 9.47 Å². The van der Waals surface area contributed by atoms with Gasteiger partial charge in [-0.1, -0.05) is 39.3 Å². The standard InChI is InChI=1S/C32H35F3O4/c1-5-19(15-30(36)37)22-8-6-10-29(31(22)35)39-18-20-14-24(26-9-7-13-32(26,2)3)23(17-28(20)34)25-16-21(38-4)11-12-27(25)33/h6,8,10-12,14,16-17,19,26H,5,7,9,13,15,18H2,1-4H3,(H,36,37)/t19-,26+/m0/s1. The summed E-state index contributed by atoms with van der Waals surface area (Å²) in [5.41, 5.74) is 1.99. The van der Waals surface area contributed by atoms with Crippen molar-refractivity contribution in [1.29, 1.82) is 0 Å². The molecule has 3 aromatic rings. The number of halogens is 3. The van der Waals surface area contributed by atoms with Gasteiger partial charge in [0.25, 0.3) is 0 Å². The summed E-state index contributed by atoms with van der Waals surface area (Å²) < 4.78 is 56.9. The number of hydrogen-bond acceptors (Lipinski definition) is 3. The molecule has 0 amide bonds. The van der Waals surface area contributed by atoms with Gasteiger partial charge in [-0.05, 0) is 89.6 Å². The molecule has 0 aliphatic heterocycles. The average Bonchev–Trinajstić information content (AvgIpc) is 3.26. The highest BCUT2D eigenvalue weighted by Gasteiger charge is 2.37. The van der Waals surface area contributed by atoms with Gasteiger partial charge in [0.15, 0.2) is 11.6 Å². The molecule has 0 spiro atoms. The summed E-state index contributed by atoms with van der Waals surface area (Å²) in [6.45, 7) is 5.90. The van der Waals surface area contributed by atoms with Gasteiger partial charge in [0.05, 0.1) is 13.5 Å². The molecule has 0 radical (unpaired) electrons. The van der Waals surface area contributed by atoms with Crippen LogP contribution in [0.5, 0.6) is 11.5 Å². The summed E-state index contributed by atoms with van der Waals surface area (Å²) in [6, 6.07) is 12.1. The zero-order valence-corrected chi connectivity index (χ0v) is 22.8. The average molecular weight is 541 g/mol. The summed E-state index contributed by atoms with van der Waals surface area (Å²) in [4.78, 5) is 11.2. The molecule has 4 nitrogen and oxygen atoms in total. The molecule has 1 aliphatic carbocycles. The number of carboxylic acid groups (broad SMARTS) is 1. The lowest BCUT2D eigenvalue weighted by atomic mass is 9.75. The van der Waals surface area contributed by atoms with Gasteiger partial charge in [0.1, 0.15) is 24.0 Å². The van der Waals surface area contributed by atoms with Crippen LogP contribution in [-0.2, 0) is 11.4 Å². The second-order valence-corrected chi connectivity index (χ2v) is 11.0. The summed E-state index contributed by atoms with van der Waals surface area (Å²) in [5.74, 6) is -2.74. The molecule has 0 bridgehead atoms. The number of rotatable bonds is 10. The van der Waals surface area contributed by atoms with Crippen LogP contribution in [0.15, 0.2) is 48.5 Å². The maximum absolute atomic E-state index is 15.5. The van der Waals surface area contributed by atoms with Gasteiger partial charge in [0.2, 0.25) is 0 Å². The van der Waals surface area contributed by atoms with Gasteiger partial charge in [-0.25, -0.2) is 13.2 Å². The predicted molar refractivity (Wildman–Crippen MR) is 145 cm³/mol. The molecule has 3 aromatic carbocycles. The summed E-state index contributed by atoms with van der Waals surface area (Å²) in [5, 5.41) is 9.20. The van der Waals surface area contributed by atoms with Crippen molar-refractivity contribution < 1.29 is 32.5 Å². The van der Waals surface area contributed by atoms with Gasteiger partial charge in [-0.2, -0.15) is 0 Å². The maximum Gasteiger partial charge on any atom is 0.303 e. The van der Waals surface area contributed by atoms with E-state index in [9.17, 15) is 9.90 Å². The first kappa shape index (κ1) is 28.5. The summed E-state index contributed by atoms with van der Waals surface area (Å²) in [6.07, 6.45) is 3.14. The minimum atomic E-state index is -1.01. The molecule has 1 aliphatic rings. The van der Waals surface area contributed by atoms with Crippen LogP contribution in [0.3, 0.4) is 0 Å². The van der Waals surface area contributed by atoms with Gasteiger partial charge >= 0.3 is 5.97 Å². The number of carboxylic acids is 1. The Bertz CT molecular complexity index is 1350. The highest BCUT2D eigenvalue weighted by molar-refractivity contribution is 5.71. The van der Waals surface area contributed by atoms with Crippen LogP contribution in [0, 0.1) is 22.9 Å². The number of methoxy groups -OCH3 is 1. The van der Waals surface area contributed by atoms with Crippen LogP contribution in [0.25, 0.3) is 11.1 Å². The Kier molecular flexibility index (Phi) is 8.57. The van der Waals surface area contributed by atoms with Crippen molar-refractivity contribution in [2.45, 2.75) is 71.3 Å². The first-order valence-corrected chi connectivity index (χ1v) is 13.3. The van der Waals surface area contributed by atoms with E-state index in [0.717, 1.165) is 24.8 Å². The molecule has 0 saturated heterocycles. The topological polar surface area (TPSA) is 55.8 Å². The summed E-state index contributed by atoms with van der Waals surface area (Å²) >= 11 is 0. The number of carbonyl (C=O) groups is 1. The SMILES string of the molecule is CC[C@@H](CC(=O)O)c1cccc(OCc2cc([C@H]3CCCC3(C)C)c(-c3cc(OC)ccc3F)cc2F)c1F. The third kappa shape index (κ3) is 6.07. The Balaban J connectivity index is 1.72. The molecule has 0 aromatic heterocycles. The fraction of sp³-hybridized carbons (Fsp3) is 0.406. The molecule has 4 rings (SSSR count). The van der Waals surface area contributed by atoms with E-state index in [-0.39, 0.29) is 46.8 Å². The van der Waals surface area contributed by atoms with Crippen molar-refractivity contribution in [2.24, 2.45) is 5.41 Å². The Morgan fingerprint density at radius 1 is 1.08 bits per heavy atom. The fourth-order valence-electron chi connectivity index (χ4n) is 5.81. The van der Waals surface area contributed by atoms with Crippen LogP contribution >= 0.6 is 0 Å². The molecule has 208 valence electrons. The van der Waals surface area contributed by atoms with Crippen LogP contribution < -0.4 is 9.47 Å². The Morgan fingerprint density at radius 3 is 2.49 bits per heavy atom. The van der Waals surface area contributed by atoms with Gasteiger partial charge < -0.3 is 14.6 Å². The largest absolute Gasteiger partial charge is 0.497 e. The van der Waals surface area contributed by atoms with Gasteiger partial charge in [0, 0.05) is 11.1 Å². The second-order valence-electron chi connectivity index (χ2n) is 11.0. The number of benzene rings is 3. The van der Waals surface area contributed by atoms with Crippen molar-refractivity contribution in [3.63, 3.8) is 0 Å². The number of ether oxygens (including phenoxy) is 2. The molecule has 1 fully saturated rings. The third-order valence-electron chi connectivity index (χ3n) is 8.04. The van der Waals surface area contributed by atoms with Crippen LogP contribution in [0.2, 0.25) is 0 Å². The van der Waals surface area contributed by atoms with E-state index in [1.165, 1.54) is 31.4 Å². The van der Waals surface area contributed by atoms with E-state index in [1.807, 2.05) is 0 Å². The molecule has 0 unspecified atom stereocenters. The van der Waals surface area contributed by atoms with Crippen LogP contribution in [0.4, 0.5) is 13.2 Å². The molecule has 39 heavy (non-hydrogen) atoms. The minimum Gasteiger partial charge on any atom is -0.497 e. The smallest absolute Gasteiger partial charge is 0.303 e. The normalized spacial score (nSPS) is 17.2. The fourth-order valence-corrected chi connectivity index (χ4v) is 5.81. The highest BCUT2D eigenvalue weighted by atomic mass is 19.1. The Morgan fingerprint density at radius 2 is 1.85 bits per heavy atom. The van der Waals surface area contributed by atoms with Crippen molar-refractivity contribution in [3.05, 3.63) is 82.7 Å². The second kappa shape index (κ2) is 11.7. The first-order chi connectivity index (χ1) is 18.6. The van der Waals surface area contributed by atoms with E-state index in [0.29, 0.717) is 17.7 Å². The molecule has 7 heteroatoms. The van der Waals surface area contributed by atoms with Gasteiger partial charge in [-0.3, -0.25) is 4.79 Å². The third-order valence-corrected chi connectivity index (χ3v) is 8.04. The zero-order chi connectivity index (χ0) is 28.3. The lowest BCUT2D eigenvalue weighted by molar-refractivity contribution is -0.137. The van der Waals surface area contributed by atoms with E-state index in [2.05, 4.69) is 13.8 Å². The molecule has 0 heterocycles. The molecule has 1 N–H and O–H groups in total. The lowest BCUT2D eigenvalue weighted by Crippen LogP contribution is -2.17. The van der Waals surface area contributed by atoms with E-state index in [1.54, 1.807) is 31.2 Å². The number of hydrogen-bond donors (Lipinski definition) is 1. The monoisotopic (exact) mass is 540 g/mol. The predicted octanol–water partition coefficient (Wildman–Crippen LogP) is 8.62. The molecule has 2 atom stereocenters. The highest BCUT2D eigenvalue weighted by Crippen LogP contribution is 2.51. The van der Waals surface area contributed by atoms with E-state index < -0.39 is 29.3 Å². The van der Waals surface area contributed by atoms with Crippen molar-refractivity contribution in [3.8, 4) is 22.6 Å². The maximum atomic E-state index is 15.5. The van der Waals surface area contributed by atoms with Crippen LogP contribution in [-0.4, -0.2) is 18.2 Å². The quantitative estimate of drug-likeness (QED) is 0.280. The van der Waals surface area contributed by atoms with Crippen LogP contribution in [0.1, 0.15) is 81.4 Å². The van der Waals surface area contributed by atoms with Gasteiger partial charge in [-0.15, -0.1) is 0 Å². The minimum absolute atomic E-state index is 0.0681. The van der Waals surface area contributed by atoms with Crippen molar-refractivity contribution >= 4 is 5.97 Å². The summed E-state index contributed by atoms with van der Waals surface area (Å²) in [7, 11) is 1.50. The van der Waals surface area contributed by atoms with Crippen molar-refractivity contribution in [1.82, 2.24) is 0 Å². The number of aliphatic carboxylic acids is 1. The Labute approximate surface area is 227 Å². The lowest BCUT2D eigenvalue weighted by Gasteiger charge is -2.30. The van der Waals surface area contributed by atoms with E-state index >= 15 is 13.2 Å².